The van der Waals surface area contributed by atoms with Crippen LogP contribution in [0.2, 0.25) is 0 Å². The number of benzene rings is 2. The van der Waals surface area contributed by atoms with E-state index in [1.54, 1.807) is 0 Å². The number of aromatic carboxylic acids is 2. The van der Waals surface area contributed by atoms with E-state index in [1.165, 1.54) is 0 Å². The van der Waals surface area contributed by atoms with Gasteiger partial charge < -0.3 is 15.5 Å². The summed E-state index contributed by atoms with van der Waals surface area (Å²) in [5.41, 5.74) is -3.12. The Morgan fingerprint density at radius 3 is 1.93 bits per heavy atom. The molecule has 0 saturated carbocycles. The zero-order valence-electron chi connectivity index (χ0n) is 13.1. The Morgan fingerprint density at radius 1 is 0.815 bits per heavy atom. The summed E-state index contributed by atoms with van der Waals surface area (Å²) in [6.45, 7) is 0. The van der Waals surface area contributed by atoms with Crippen LogP contribution in [0.1, 0.15) is 31.1 Å². The zero-order valence-corrected chi connectivity index (χ0v) is 13.1. The second-order valence-corrected chi connectivity index (χ2v) is 5.04. The van der Waals surface area contributed by atoms with Crippen molar-refractivity contribution < 1.29 is 34.4 Å². The van der Waals surface area contributed by atoms with Gasteiger partial charge in [0.25, 0.3) is 5.91 Å². The van der Waals surface area contributed by atoms with E-state index in [-0.39, 0.29) is 11.3 Å². The van der Waals surface area contributed by atoms with Gasteiger partial charge in [0.2, 0.25) is 0 Å². The topological polar surface area (TPSA) is 190 Å². The normalized spacial score (nSPS) is 10.1. The lowest BCUT2D eigenvalue weighted by Gasteiger charge is -2.08. The number of rotatable bonds is 6. The summed E-state index contributed by atoms with van der Waals surface area (Å²) in [6.07, 6.45) is 0. The van der Waals surface area contributed by atoms with Crippen molar-refractivity contribution in [2.75, 3.05) is 5.32 Å². The van der Waals surface area contributed by atoms with E-state index in [0.717, 1.165) is 36.4 Å². The summed E-state index contributed by atoms with van der Waals surface area (Å²) in [6, 6.07) is 5.50. The average Bonchev–Trinajstić information content (AvgIpc) is 2.60. The predicted molar refractivity (Wildman–Crippen MR) is 88.1 cm³/mol. The number of nitro groups is 2. The Hall–Kier alpha value is -4.35. The molecule has 0 fully saturated rings. The van der Waals surface area contributed by atoms with Gasteiger partial charge in [0.1, 0.15) is 0 Å². The predicted octanol–water partition coefficient (Wildman–Crippen LogP) is 2.15. The lowest BCUT2D eigenvalue weighted by molar-refractivity contribution is -0.422. The molecule has 0 bridgehead atoms. The molecule has 0 aromatic heterocycles. The van der Waals surface area contributed by atoms with Gasteiger partial charge in [-0.05, 0) is 24.3 Å². The van der Waals surface area contributed by atoms with E-state index in [4.69, 9.17) is 10.2 Å². The number of carboxylic acid groups (broad SMARTS) is 2. The summed E-state index contributed by atoms with van der Waals surface area (Å²) in [5, 5.41) is 41.9. The van der Waals surface area contributed by atoms with Crippen LogP contribution < -0.4 is 5.32 Å². The molecule has 0 saturated heterocycles. The smallest absolute Gasteiger partial charge is 0.348 e. The third-order valence-electron chi connectivity index (χ3n) is 3.37. The molecule has 0 aliphatic rings. The van der Waals surface area contributed by atoms with Crippen LogP contribution in [-0.4, -0.2) is 37.9 Å². The number of nitro benzene ring substituents is 2. The zero-order chi connectivity index (χ0) is 20.3. The first-order valence-electron chi connectivity index (χ1n) is 6.96. The van der Waals surface area contributed by atoms with Gasteiger partial charge in [0.15, 0.2) is 0 Å². The summed E-state index contributed by atoms with van der Waals surface area (Å²) in [7, 11) is 0. The van der Waals surface area contributed by atoms with Gasteiger partial charge in [-0.3, -0.25) is 25.0 Å². The van der Waals surface area contributed by atoms with Crippen molar-refractivity contribution in [2.45, 2.75) is 0 Å². The highest BCUT2D eigenvalue weighted by molar-refractivity contribution is 6.08. The standard InChI is InChI=1S/C15H9N3O9/c19-13(7-1-3-9(14(20)21)10(5-7)15(22)23)16-8-2-4-11(17(24)25)12(6-8)18(26)27/h1-6H,(H,16,19)(H,20,21)(H,22,23). The Kier molecular flexibility index (Phi) is 5.11. The van der Waals surface area contributed by atoms with E-state index in [0.29, 0.717) is 0 Å². The number of anilines is 1. The minimum atomic E-state index is -1.56. The Morgan fingerprint density at radius 2 is 1.41 bits per heavy atom. The largest absolute Gasteiger partial charge is 0.478 e. The van der Waals surface area contributed by atoms with Crippen LogP contribution >= 0.6 is 0 Å². The van der Waals surface area contributed by atoms with Crippen LogP contribution in [0.4, 0.5) is 17.1 Å². The van der Waals surface area contributed by atoms with Gasteiger partial charge in [-0.25, -0.2) is 9.59 Å². The second kappa shape index (κ2) is 7.26. The van der Waals surface area contributed by atoms with Crippen molar-refractivity contribution >= 4 is 34.9 Å². The molecule has 0 aliphatic heterocycles. The average molecular weight is 375 g/mol. The van der Waals surface area contributed by atoms with Crippen molar-refractivity contribution in [3.8, 4) is 0 Å². The van der Waals surface area contributed by atoms with Crippen LogP contribution in [-0.2, 0) is 0 Å². The minimum absolute atomic E-state index is 0.142. The molecule has 0 radical (unpaired) electrons. The van der Waals surface area contributed by atoms with Crippen molar-refractivity contribution in [1.29, 1.82) is 0 Å². The van der Waals surface area contributed by atoms with Gasteiger partial charge in [-0.15, -0.1) is 0 Å². The molecule has 0 heterocycles. The summed E-state index contributed by atoms with van der Waals surface area (Å²) >= 11 is 0. The number of amides is 1. The highest BCUT2D eigenvalue weighted by atomic mass is 16.6. The number of carboxylic acids is 2. The summed E-state index contributed by atoms with van der Waals surface area (Å²) < 4.78 is 0. The molecule has 0 spiro atoms. The SMILES string of the molecule is O=C(Nc1ccc([N+](=O)[O-])c([N+](=O)[O-])c1)c1ccc(C(=O)O)c(C(=O)O)c1. The van der Waals surface area contributed by atoms with E-state index < -0.39 is 50.2 Å². The van der Waals surface area contributed by atoms with Crippen LogP contribution in [0.25, 0.3) is 0 Å². The first-order chi connectivity index (χ1) is 12.6. The third-order valence-corrected chi connectivity index (χ3v) is 3.37. The van der Waals surface area contributed by atoms with Crippen LogP contribution in [0.5, 0.6) is 0 Å². The first kappa shape index (κ1) is 19.0. The lowest BCUT2D eigenvalue weighted by atomic mass is 10.0. The van der Waals surface area contributed by atoms with E-state index in [1.807, 2.05) is 0 Å². The van der Waals surface area contributed by atoms with Crippen LogP contribution in [0, 0.1) is 20.2 Å². The number of carbonyl (C=O) groups excluding carboxylic acids is 1. The maximum absolute atomic E-state index is 12.2. The molecule has 1 amide bonds. The molecule has 2 rings (SSSR count). The van der Waals surface area contributed by atoms with Gasteiger partial charge in [-0.2, -0.15) is 0 Å². The molecule has 12 nitrogen and oxygen atoms in total. The summed E-state index contributed by atoms with van der Waals surface area (Å²) in [4.78, 5) is 54.1. The number of hydrogen-bond acceptors (Lipinski definition) is 7. The lowest BCUT2D eigenvalue weighted by Crippen LogP contribution is -2.15. The van der Waals surface area contributed by atoms with Crippen molar-refractivity contribution in [1.82, 2.24) is 0 Å². The molecule has 0 atom stereocenters. The number of carbonyl (C=O) groups is 3. The number of nitrogens with zero attached hydrogens (tertiary/aromatic N) is 2. The molecule has 0 aliphatic carbocycles. The first-order valence-corrected chi connectivity index (χ1v) is 6.96. The van der Waals surface area contributed by atoms with Crippen molar-refractivity contribution in [3.05, 3.63) is 73.3 Å². The fourth-order valence-electron chi connectivity index (χ4n) is 2.15. The molecule has 0 unspecified atom stereocenters. The van der Waals surface area contributed by atoms with Crippen LogP contribution in [0.3, 0.4) is 0 Å². The monoisotopic (exact) mass is 375 g/mol. The molecule has 2 aromatic carbocycles. The Bertz CT molecular complexity index is 1000. The van der Waals surface area contributed by atoms with E-state index in [2.05, 4.69) is 5.32 Å². The highest BCUT2D eigenvalue weighted by Crippen LogP contribution is 2.29. The molecule has 27 heavy (non-hydrogen) atoms. The Balaban J connectivity index is 2.38. The molecule has 3 N–H and O–H groups in total. The van der Waals surface area contributed by atoms with Gasteiger partial charge >= 0.3 is 23.3 Å². The van der Waals surface area contributed by atoms with Gasteiger partial charge in [-0.1, -0.05) is 0 Å². The summed E-state index contributed by atoms with van der Waals surface area (Å²) in [5.74, 6) is -3.95. The molecule has 12 heteroatoms. The number of nitrogens with one attached hydrogen (secondary N) is 1. The molecular formula is C15H9N3O9. The maximum Gasteiger partial charge on any atom is 0.348 e. The molecule has 2 aromatic rings. The molecule has 138 valence electrons. The fraction of sp³-hybridized carbons (Fsp3) is 0. The fourth-order valence-corrected chi connectivity index (χ4v) is 2.15. The second-order valence-electron chi connectivity index (χ2n) is 5.04. The maximum atomic E-state index is 12.2. The van der Waals surface area contributed by atoms with E-state index >= 15 is 0 Å². The Labute approximate surface area is 149 Å². The van der Waals surface area contributed by atoms with Gasteiger partial charge in [0.05, 0.1) is 21.0 Å². The van der Waals surface area contributed by atoms with Crippen molar-refractivity contribution in [3.63, 3.8) is 0 Å². The minimum Gasteiger partial charge on any atom is -0.478 e. The highest BCUT2D eigenvalue weighted by Gasteiger charge is 2.25. The van der Waals surface area contributed by atoms with E-state index in [9.17, 15) is 34.6 Å². The van der Waals surface area contributed by atoms with Crippen molar-refractivity contribution in [2.24, 2.45) is 0 Å². The quantitative estimate of drug-likeness (QED) is 0.501. The van der Waals surface area contributed by atoms with Crippen LogP contribution in [0.15, 0.2) is 36.4 Å². The number of hydrogen-bond donors (Lipinski definition) is 3. The third kappa shape index (κ3) is 4.01. The van der Waals surface area contributed by atoms with Gasteiger partial charge in [0, 0.05) is 23.4 Å². The molecular weight excluding hydrogens is 366 g/mol.